The first-order chi connectivity index (χ1) is 14.3. The molecule has 30 heavy (non-hydrogen) atoms. The Bertz CT molecular complexity index is 1100. The zero-order chi connectivity index (χ0) is 21.7. The van der Waals surface area contributed by atoms with Crippen molar-refractivity contribution in [2.75, 3.05) is 11.4 Å². The highest BCUT2D eigenvalue weighted by molar-refractivity contribution is 7.92. The Balaban J connectivity index is 1.65. The summed E-state index contributed by atoms with van der Waals surface area (Å²) in [6, 6.07) is 22.6. The van der Waals surface area contributed by atoms with Crippen LogP contribution in [0.2, 0.25) is 5.02 Å². The third kappa shape index (κ3) is 5.20. The quantitative estimate of drug-likeness (QED) is 0.582. The maximum Gasteiger partial charge on any atom is 0.264 e. The van der Waals surface area contributed by atoms with Crippen molar-refractivity contribution in [3.63, 3.8) is 0 Å². The number of benzene rings is 3. The van der Waals surface area contributed by atoms with Gasteiger partial charge in [-0.25, -0.2) is 8.42 Å². The molecular weight excluding hydrogens is 420 g/mol. The molecule has 0 aliphatic carbocycles. The molecule has 0 fully saturated rings. The predicted octanol–water partition coefficient (Wildman–Crippen LogP) is 4.59. The molecule has 3 rings (SSSR count). The van der Waals surface area contributed by atoms with Gasteiger partial charge in [-0.3, -0.25) is 9.10 Å². The largest absolute Gasteiger partial charge is 0.349 e. The summed E-state index contributed by atoms with van der Waals surface area (Å²) in [5.41, 5.74) is 2.34. The fourth-order valence-electron chi connectivity index (χ4n) is 3.03. The van der Waals surface area contributed by atoms with Crippen LogP contribution in [0.3, 0.4) is 0 Å². The number of carbonyl (C=O) groups excluding carboxylic acids is 1. The van der Waals surface area contributed by atoms with E-state index in [1.807, 2.05) is 37.3 Å². The summed E-state index contributed by atoms with van der Waals surface area (Å²) in [7, 11) is -2.20. The van der Waals surface area contributed by atoms with Crippen LogP contribution in [0.4, 0.5) is 5.69 Å². The van der Waals surface area contributed by atoms with E-state index in [4.69, 9.17) is 11.6 Å². The van der Waals surface area contributed by atoms with Crippen LogP contribution in [0.1, 0.15) is 24.1 Å². The fraction of sp³-hybridized carbons (Fsp3) is 0.174. The second-order valence-electron chi connectivity index (χ2n) is 6.97. The van der Waals surface area contributed by atoms with Crippen LogP contribution < -0.4 is 9.62 Å². The lowest BCUT2D eigenvalue weighted by Crippen LogP contribution is -2.28. The predicted molar refractivity (Wildman–Crippen MR) is 120 cm³/mol. The minimum Gasteiger partial charge on any atom is -0.349 e. The molecule has 0 unspecified atom stereocenters. The van der Waals surface area contributed by atoms with E-state index in [-0.39, 0.29) is 23.3 Å². The number of anilines is 1. The monoisotopic (exact) mass is 442 g/mol. The van der Waals surface area contributed by atoms with Crippen LogP contribution in [0.15, 0.2) is 83.8 Å². The van der Waals surface area contributed by atoms with E-state index in [1.54, 1.807) is 36.4 Å². The SMILES string of the molecule is C[C@@H](NC(=O)Cc1ccc(N(C)S(=O)(=O)c2ccc(Cl)cc2)cc1)c1ccccc1. The minimum absolute atomic E-state index is 0.0892. The van der Waals surface area contributed by atoms with Gasteiger partial charge in [0.05, 0.1) is 23.0 Å². The molecule has 1 amide bonds. The van der Waals surface area contributed by atoms with Crippen molar-refractivity contribution >= 4 is 33.2 Å². The average molecular weight is 443 g/mol. The van der Waals surface area contributed by atoms with Crippen LogP contribution in [-0.2, 0) is 21.2 Å². The van der Waals surface area contributed by atoms with Crippen molar-refractivity contribution in [1.29, 1.82) is 0 Å². The molecule has 0 aliphatic heterocycles. The number of rotatable bonds is 7. The number of nitrogens with one attached hydrogen (secondary N) is 1. The van der Waals surface area contributed by atoms with Gasteiger partial charge in [-0.05, 0) is 54.4 Å². The summed E-state index contributed by atoms with van der Waals surface area (Å²) < 4.78 is 26.8. The molecule has 0 aromatic heterocycles. The summed E-state index contributed by atoms with van der Waals surface area (Å²) in [4.78, 5) is 12.5. The number of carbonyl (C=O) groups is 1. The third-order valence-electron chi connectivity index (χ3n) is 4.81. The summed E-state index contributed by atoms with van der Waals surface area (Å²) in [6.07, 6.45) is 0.213. The molecule has 7 heteroatoms. The molecule has 0 spiro atoms. The van der Waals surface area contributed by atoms with E-state index in [2.05, 4.69) is 5.32 Å². The number of halogens is 1. The Morgan fingerprint density at radius 2 is 1.57 bits per heavy atom. The zero-order valence-electron chi connectivity index (χ0n) is 16.7. The Morgan fingerprint density at radius 3 is 2.17 bits per heavy atom. The molecule has 0 saturated heterocycles. The van der Waals surface area contributed by atoms with Crippen molar-refractivity contribution in [2.24, 2.45) is 0 Å². The van der Waals surface area contributed by atoms with Crippen molar-refractivity contribution in [3.05, 3.63) is 95.0 Å². The van der Waals surface area contributed by atoms with Crippen LogP contribution in [-0.4, -0.2) is 21.4 Å². The lowest BCUT2D eigenvalue weighted by atomic mass is 10.1. The molecule has 5 nitrogen and oxygen atoms in total. The van der Waals surface area contributed by atoms with Gasteiger partial charge in [-0.15, -0.1) is 0 Å². The van der Waals surface area contributed by atoms with E-state index >= 15 is 0 Å². The molecule has 3 aromatic carbocycles. The van der Waals surface area contributed by atoms with E-state index in [9.17, 15) is 13.2 Å². The van der Waals surface area contributed by atoms with Crippen molar-refractivity contribution in [1.82, 2.24) is 5.32 Å². The molecule has 1 N–H and O–H groups in total. The van der Waals surface area contributed by atoms with Gasteiger partial charge in [0.2, 0.25) is 5.91 Å². The Morgan fingerprint density at radius 1 is 0.967 bits per heavy atom. The molecule has 3 aromatic rings. The first-order valence-corrected chi connectivity index (χ1v) is 11.3. The topological polar surface area (TPSA) is 66.5 Å². The summed E-state index contributed by atoms with van der Waals surface area (Å²) in [5, 5.41) is 3.45. The van der Waals surface area contributed by atoms with Crippen LogP contribution in [0.25, 0.3) is 0 Å². The van der Waals surface area contributed by atoms with Gasteiger partial charge in [0, 0.05) is 12.1 Å². The highest BCUT2D eigenvalue weighted by Gasteiger charge is 2.21. The van der Waals surface area contributed by atoms with Gasteiger partial charge in [0.25, 0.3) is 10.0 Å². The highest BCUT2D eigenvalue weighted by Crippen LogP contribution is 2.23. The van der Waals surface area contributed by atoms with E-state index in [1.165, 1.54) is 23.5 Å². The second kappa shape index (κ2) is 9.32. The summed E-state index contributed by atoms with van der Waals surface area (Å²) in [5.74, 6) is -0.0961. The van der Waals surface area contributed by atoms with Crippen molar-refractivity contribution in [3.8, 4) is 0 Å². The van der Waals surface area contributed by atoms with Gasteiger partial charge in [0.15, 0.2) is 0 Å². The smallest absolute Gasteiger partial charge is 0.264 e. The fourth-order valence-corrected chi connectivity index (χ4v) is 4.35. The Labute approximate surface area is 182 Å². The van der Waals surface area contributed by atoms with E-state index in [0.717, 1.165) is 11.1 Å². The van der Waals surface area contributed by atoms with Crippen LogP contribution in [0.5, 0.6) is 0 Å². The molecule has 0 heterocycles. The highest BCUT2D eigenvalue weighted by atomic mass is 35.5. The average Bonchev–Trinajstić information content (AvgIpc) is 2.74. The van der Waals surface area contributed by atoms with Crippen LogP contribution in [0, 0.1) is 0 Å². The van der Waals surface area contributed by atoms with Gasteiger partial charge in [0.1, 0.15) is 0 Å². The number of hydrogen-bond donors (Lipinski definition) is 1. The number of sulfonamides is 1. The van der Waals surface area contributed by atoms with Gasteiger partial charge in [-0.2, -0.15) is 0 Å². The number of amides is 1. The molecule has 0 saturated carbocycles. The Hall–Kier alpha value is -2.83. The normalized spacial score (nSPS) is 12.2. The second-order valence-corrected chi connectivity index (χ2v) is 9.38. The van der Waals surface area contributed by atoms with Crippen molar-refractivity contribution < 1.29 is 13.2 Å². The maximum atomic E-state index is 12.8. The standard InChI is InChI=1S/C23H23ClN2O3S/c1-17(19-6-4-3-5-7-19)25-23(27)16-18-8-12-21(13-9-18)26(2)30(28,29)22-14-10-20(24)11-15-22/h3-15,17H,16H2,1-2H3,(H,25,27)/t17-/m1/s1. The third-order valence-corrected chi connectivity index (χ3v) is 6.87. The van der Waals surface area contributed by atoms with Crippen LogP contribution >= 0.6 is 11.6 Å². The summed E-state index contributed by atoms with van der Waals surface area (Å²) in [6.45, 7) is 1.94. The number of nitrogens with zero attached hydrogens (tertiary/aromatic N) is 1. The first kappa shape index (κ1) is 21.9. The zero-order valence-corrected chi connectivity index (χ0v) is 18.3. The van der Waals surface area contributed by atoms with Gasteiger partial charge in [-0.1, -0.05) is 54.1 Å². The van der Waals surface area contributed by atoms with Crippen molar-refractivity contribution in [2.45, 2.75) is 24.3 Å². The van der Waals surface area contributed by atoms with E-state index in [0.29, 0.717) is 10.7 Å². The Kier molecular flexibility index (Phi) is 6.80. The molecule has 156 valence electrons. The molecule has 1 atom stereocenters. The maximum absolute atomic E-state index is 12.8. The lowest BCUT2D eigenvalue weighted by Gasteiger charge is -2.20. The minimum atomic E-state index is -3.70. The van der Waals surface area contributed by atoms with Gasteiger partial charge >= 0.3 is 0 Å². The number of hydrogen-bond acceptors (Lipinski definition) is 3. The first-order valence-electron chi connectivity index (χ1n) is 9.45. The van der Waals surface area contributed by atoms with Gasteiger partial charge < -0.3 is 5.32 Å². The molecule has 0 radical (unpaired) electrons. The summed E-state index contributed by atoms with van der Waals surface area (Å²) >= 11 is 5.84. The molecule has 0 aliphatic rings. The molecular formula is C23H23ClN2O3S. The molecule has 0 bridgehead atoms. The lowest BCUT2D eigenvalue weighted by molar-refractivity contribution is -0.121. The van der Waals surface area contributed by atoms with E-state index < -0.39 is 10.0 Å².